The average molecular weight is 679 g/mol. The summed E-state index contributed by atoms with van der Waals surface area (Å²) in [6.45, 7) is 2.78. The van der Waals surface area contributed by atoms with Gasteiger partial charge in [-0.15, -0.1) is 0 Å². The number of rotatable bonds is 8. The number of carbonyl (C=O) groups excluding carboxylic acids is 2. The molecule has 2 aliphatic rings. The fourth-order valence-corrected chi connectivity index (χ4v) is 6.01. The summed E-state index contributed by atoms with van der Waals surface area (Å²) < 4.78 is 52.2. The van der Waals surface area contributed by atoms with E-state index in [9.17, 15) is 22.8 Å². The highest BCUT2D eigenvalue weighted by Gasteiger charge is 2.45. The monoisotopic (exact) mass is 677 g/mol. The summed E-state index contributed by atoms with van der Waals surface area (Å²) in [5.74, 6) is -0.554. The Kier molecular flexibility index (Phi) is 10.1. The van der Waals surface area contributed by atoms with Gasteiger partial charge in [0.2, 0.25) is 0 Å². The third-order valence-corrected chi connectivity index (χ3v) is 8.43. The maximum absolute atomic E-state index is 14.6. The van der Waals surface area contributed by atoms with Gasteiger partial charge in [0.15, 0.2) is 6.23 Å². The van der Waals surface area contributed by atoms with Gasteiger partial charge in [-0.05, 0) is 60.5 Å². The molecule has 3 atom stereocenters. The molecule has 3 aromatic rings. The zero-order valence-electron chi connectivity index (χ0n) is 25.0. The Labute approximate surface area is 274 Å². The van der Waals surface area contributed by atoms with E-state index in [1.807, 2.05) is 0 Å². The van der Waals surface area contributed by atoms with E-state index in [4.69, 9.17) is 43.4 Å². The van der Waals surface area contributed by atoms with Crippen LogP contribution >= 0.6 is 23.2 Å². The molecule has 1 saturated heterocycles. The molecule has 2 aliphatic heterocycles. The number of alkyl halides is 3. The van der Waals surface area contributed by atoms with Crippen LogP contribution in [0.1, 0.15) is 41.3 Å². The van der Waals surface area contributed by atoms with E-state index in [-0.39, 0.29) is 36.8 Å². The molecule has 3 unspecified atom stereocenters. The van der Waals surface area contributed by atoms with Crippen LogP contribution in [0.2, 0.25) is 10.0 Å². The molecule has 5 rings (SSSR count). The number of hydrogen-bond acceptors (Lipinski definition) is 6. The largest absolute Gasteiger partial charge is 0.493 e. The molecule has 9 nitrogen and oxygen atoms in total. The van der Waals surface area contributed by atoms with E-state index >= 15 is 0 Å². The second-order valence-electron chi connectivity index (χ2n) is 10.8. The van der Waals surface area contributed by atoms with Crippen molar-refractivity contribution >= 4 is 41.0 Å². The fraction of sp³-hybridized carbons (Fsp3) is 0.344. The molecule has 244 valence electrons. The molecule has 0 aliphatic carbocycles. The van der Waals surface area contributed by atoms with Gasteiger partial charge in [-0.25, -0.2) is 4.79 Å². The zero-order chi connectivity index (χ0) is 33.2. The van der Waals surface area contributed by atoms with Crippen LogP contribution in [-0.2, 0) is 15.7 Å². The number of methoxy groups -OCH3 is 1. The van der Waals surface area contributed by atoms with Gasteiger partial charge in [-0.3, -0.25) is 19.6 Å². The lowest BCUT2D eigenvalue weighted by molar-refractivity contribution is -0.141. The molecular formula is C32H32Cl2F3N5O4. The van der Waals surface area contributed by atoms with Gasteiger partial charge < -0.3 is 20.1 Å². The molecule has 0 bridgehead atoms. The fourth-order valence-electron chi connectivity index (χ4n) is 5.76. The molecule has 0 spiro atoms. The molecule has 0 radical (unpaired) electrons. The Hall–Kier alpha value is -3.84. The summed E-state index contributed by atoms with van der Waals surface area (Å²) >= 11 is 12.4. The molecule has 0 saturated carbocycles. The maximum Gasteiger partial charge on any atom is 0.416 e. The molecular weight excluding hydrogens is 646 g/mol. The Morgan fingerprint density at radius 2 is 1.54 bits per heavy atom. The zero-order valence-corrected chi connectivity index (χ0v) is 26.5. The predicted molar refractivity (Wildman–Crippen MR) is 168 cm³/mol. The summed E-state index contributed by atoms with van der Waals surface area (Å²) in [4.78, 5) is 36.4. The van der Waals surface area contributed by atoms with Crippen molar-refractivity contribution in [3.05, 3.63) is 99.0 Å². The van der Waals surface area contributed by atoms with Crippen LogP contribution in [0, 0.1) is 0 Å². The minimum atomic E-state index is -4.61. The standard InChI is InChI=1S/C32H32Cl2F3N5O4/c1-3-46-25-18-21(32(35,36)37)8-13-24(25)29-39-26(19-4-9-22(33)10-5-19)27(20-6-11-23(34)12-7-20)42(29)31(44)41-16-14-40(15-17-41)30(45-2)28(38)43/h4-13,18,26-27,30H,3,14-17H2,1-2H3,(H2,38,43). The van der Waals surface area contributed by atoms with Gasteiger partial charge in [0.05, 0.1) is 23.8 Å². The first-order valence-electron chi connectivity index (χ1n) is 14.5. The number of carbonyl (C=O) groups is 2. The number of primary amides is 1. The van der Waals surface area contributed by atoms with Crippen molar-refractivity contribution in [3.8, 4) is 5.75 Å². The second-order valence-corrected chi connectivity index (χ2v) is 11.6. The van der Waals surface area contributed by atoms with Crippen LogP contribution in [0.3, 0.4) is 0 Å². The van der Waals surface area contributed by atoms with E-state index in [0.717, 1.165) is 17.7 Å². The van der Waals surface area contributed by atoms with Crippen molar-refractivity contribution in [1.29, 1.82) is 0 Å². The summed E-state index contributed by atoms with van der Waals surface area (Å²) in [5, 5.41) is 0.995. The van der Waals surface area contributed by atoms with Crippen LogP contribution in [0.4, 0.5) is 18.0 Å². The highest BCUT2D eigenvalue weighted by molar-refractivity contribution is 6.30. The van der Waals surface area contributed by atoms with E-state index < -0.39 is 42.0 Å². The molecule has 0 aromatic heterocycles. The first kappa shape index (κ1) is 33.5. The van der Waals surface area contributed by atoms with Gasteiger partial charge in [-0.2, -0.15) is 13.2 Å². The number of nitrogens with zero attached hydrogens (tertiary/aromatic N) is 4. The molecule has 14 heteroatoms. The highest BCUT2D eigenvalue weighted by atomic mass is 35.5. The van der Waals surface area contributed by atoms with Gasteiger partial charge in [0, 0.05) is 43.3 Å². The number of nitrogens with two attached hydrogens (primary N) is 1. The van der Waals surface area contributed by atoms with Crippen LogP contribution in [0.5, 0.6) is 5.75 Å². The lowest BCUT2D eigenvalue weighted by atomic mass is 9.93. The van der Waals surface area contributed by atoms with Crippen molar-refractivity contribution < 1.29 is 32.2 Å². The first-order valence-corrected chi connectivity index (χ1v) is 15.3. The lowest BCUT2D eigenvalue weighted by Crippen LogP contribution is -2.58. The molecule has 2 N–H and O–H groups in total. The molecule has 46 heavy (non-hydrogen) atoms. The van der Waals surface area contributed by atoms with Crippen LogP contribution in [-0.4, -0.2) is 78.6 Å². The SMILES string of the molecule is CCOc1cc(C(F)(F)F)ccc1C1=NC(c2ccc(Cl)cc2)C(c2ccc(Cl)cc2)N1C(=O)N1CCN(C(OC)C(N)=O)CC1. The van der Waals surface area contributed by atoms with Crippen molar-refractivity contribution in [2.75, 3.05) is 39.9 Å². The maximum atomic E-state index is 14.6. The Morgan fingerprint density at radius 1 is 0.957 bits per heavy atom. The number of halogens is 5. The van der Waals surface area contributed by atoms with Crippen molar-refractivity contribution in [2.24, 2.45) is 10.7 Å². The topological polar surface area (TPSA) is 101 Å². The normalized spacial score (nSPS) is 19.6. The molecule has 3 amide bonds. The van der Waals surface area contributed by atoms with Crippen molar-refractivity contribution in [3.63, 3.8) is 0 Å². The summed E-state index contributed by atoms with van der Waals surface area (Å²) in [7, 11) is 1.38. The van der Waals surface area contributed by atoms with E-state index in [1.54, 1.807) is 65.3 Å². The van der Waals surface area contributed by atoms with E-state index in [2.05, 4.69) is 0 Å². The lowest BCUT2D eigenvalue weighted by Gasteiger charge is -2.40. The number of aliphatic imine (C=N–C) groups is 1. The number of piperazine rings is 1. The number of hydrogen-bond donors (Lipinski definition) is 1. The molecule has 3 aromatic carbocycles. The minimum Gasteiger partial charge on any atom is -0.493 e. The first-order chi connectivity index (χ1) is 21.9. The third kappa shape index (κ3) is 6.95. The third-order valence-electron chi connectivity index (χ3n) is 7.93. The predicted octanol–water partition coefficient (Wildman–Crippen LogP) is 6.15. The molecule has 1 fully saturated rings. The quantitative estimate of drug-likeness (QED) is 0.308. The van der Waals surface area contributed by atoms with Crippen LogP contribution in [0.25, 0.3) is 0 Å². The van der Waals surface area contributed by atoms with Gasteiger partial charge >= 0.3 is 12.2 Å². The van der Waals surface area contributed by atoms with Crippen LogP contribution in [0.15, 0.2) is 71.7 Å². The molecule has 2 heterocycles. The minimum absolute atomic E-state index is 0.0605. The van der Waals surface area contributed by atoms with E-state index in [1.165, 1.54) is 18.1 Å². The summed E-state index contributed by atoms with van der Waals surface area (Å²) in [6, 6.07) is 15.4. The Balaban J connectivity index is 1.63. The van der Waals surface area contributed by atoms with Crippen molar-refractivity contribution in [1.82, 2.24) is 14.7 Å². The van der Waals surface area contributed by atoms with Gasteiger partial charge in [0.1, 0.15) is 17.6 Å². The number of amides is 3. The van der Waals surface area contributed by atoms with Gasteiger partial charge in [0.25, 0.3) is 5.91 Å². The average Bonchev–Trinajstić information content (AvgIpc) is 3.42. The number of benzene rings is 3. The Bertz CT molecular complexity index is 1600. The number of ether oxygens (including phenoxy) is 2. The second kappa shape index (κ2) is 13.9. The van der Waals surface area contributed by atoms with E-state index in [0.29, 0.717) is 28.7 Å². The van der Waals surface area contributed by atoms with Crippen LogP contribution < -0.4 is 10.5 Å². The smallest absolute Gasteiger partial charge is 0.416 e. The number of amidine groups is 1. The van der Waals surface area contributed by atoms with Gasteiger partial charge in [-0.1, -0.05) is 47.5 Å². The summed E-state index contributed by atoms with van der Waals surface area (Å²) in [5.41, 5.74) is 6.26. The van der Waals surface area contributed by atoms with Crippen molar-refractivity contribution in [2.45, 2.75) is 31.4 Å². The summed E-state index contributed by atoms with van der Waals surface area (Å²) in [6.07, 6.45) is -5.56. The number of urea groups is 1. The highest BCUT2D eigenvalue weighted by Crippen LogP contribution is 2.46. The Morgan fingerprint density at radius 3 is 2.07 bits per heavy atom.